The van der Waals surface area contributed by atoms with Crippen molar-refractivity contribution in [2.75, 3.05) is 34.3 Å². The minimum atomic E-state index is -0.890. The molecule has 4 rings (SSSR count). The van der Waals surface area contributed by atoms with Crippen LogP contribution in [0.4, 0.5) is 0 Å². The van der Waals surface area contributed by atoms with Gasteiger partial charge in [0.2, 0.25) is 5.78 Å². The smallest absolute Gasteiger partial charge is 0.290 e. The van der Waals surface area contributed by atoms with E-state index in [-0.39, 0.29) is 22.8 Å². The zero-order chi connectivity index (χ0) is 24.6. The van der Waals surface area contributed by atoms with Crippen LogP contribution in [0.2, 0.25) is 0 Å². The fraction of sp³-hybridized carbons (Fsp3) is 0.280. The molecule has 2 N–H and O–H groups in total. The van der Waals surface area contributed by atoms with Crippen LogP contribution >= 0.6 is 15.9 Å². The molecule has 2 aromatic carbocycles. The Kier molecular flexibility index (Phi) is 6.67. The number of hydrogen-bond donors (Lipinski definition) is 2. The minimum Gasteiger partial charge on any atom is -0.504 e. The Balaban J connectivity index is 1.77. The molecule has 0 radical (unpaired) electrons. The quantitative estimate of drug-likeness (QED) is 0.416. The van der Waals surface area contributed by atoms with E-state index in [1.54, 1.807) is 30.3 Å². The number of carbonyl (C=O) groups is 2. The maximum absolute atomic E-state index is 13.6. The molecule has 2 heterocycles. The SMILES string of the molecule is COc1ccc(C2C(C(=O)c3cc4cc(Br)ccc4o3)=C(O)C(=O)N2CCCN(C)C)cc1O. The summed E-state index contributed by atoms with van der Waals surface area (Å²) in [6.07, 6.45) is 0.630. The van der Waals surface area contributed by atoms with Crippen molar-refractivity contribution >= 4 is 38.6 Å². The van der Waals surface area contributed by atoms with Crippen LogP contribution in [-0.4, -0.2) is 66.0 Å². The third kappa shape index (κ3) is 4.41. The summed E-state index contributed by atoms with van der Waals surface area (Å²) in [5.74, 6) is -1.70. The number of methoxy groups -OCH3 is 1. The molecule has 178 valence electrons. The summed E-state index contributed by atoms with van der Waals surface area (Å²) in [6.45, 7) is 1.02. The van der Waals surface area contributed by atoms with Crippen LogP contribution in [0.15, 0.2) is 62.7 Å². The van der Waals surface area contributed by atoms with E-state index in [4.69, 9.17) is 9.15 Å². The Morgan fingerprint density at radius 1 is 1.18 bits per heavy atom. The second kappa shape index (κ2) is 9.52. The lowest BCUT2D eigenvalue weighted by Gasteiger charge is -2.27. The lowest BCUT2D eigenvalue weighted by atomic mass is 9.94. The Morgan fingerprint density at radius 3 is 2.62 bits per heavy atom. The number of fused-ring (bicyclic) bond motifs is 1. The monoisotopic (exact) mass is 528 g/mol. The van der Waals surface area contributed by atoms with Gasteiger partial charge in [0.25, 0.3) is 5.91 Å². The largest absolute Gasteiger partial charge is 0.504 e. The molecule has 0 saturated heterocycles. The van der Waals surface area contributed by atoms with Crippen LogP contribution < -0.4 is 4.74 Å². The number of nitrogens with zero attached hydrogens (tertiary/aromatic N) is 2. The van der Waals surface area contributed by atoms with Gasteiger partial charge in [-0.15, -0.1) is 0 Å². The maximum atomic E-state index is 13.6. The van der Waals surface area contributed by atoms with E-state index in [9.17, 15) is 19.8 Å². The van der Waals surface area contributed by atoms with Crippen molar-refractivity contribution in [3.63, 3.8) is 0 Å². The topological polar surface area (TPSA) is 103 Å². The average Bonchev–Trinajstić information content (AvgIpc) is 3.32. The number of benzene rings is 2. The molecule has 1 aliphatic rings. The van der Waals surface area contributed by atoms with Crippen molar-refractivity contribution in [2.45, 2.75) is 12.5 Å². The standard InChI is InChI=1S/C25H25BrN2O6/c1-27(2)9-4-10-28-22(14-5-7-19(33-3)17(29)12-14)21(24(31)25(28)32)23(30)20-13-15-11-16(26)6-8-18(15)34-20/h5-8,11-13,22,29,31H,4,9-10H2,1-3H3. The highest BCUT2D eigenvalue weighted by molar-refractivity contribution is 9.10. The number of amides is 1. The van der Waals surface area contributed by atoms with Crippen LogP contribution in [0.5, 0.6) is 11.5 Å². The number of phenols is 1. The van der Waals surface area contributed by atoms with E-state index < -0.39 is 23.5 Å². The number of aliphatic hydroxyl groups is 1. The summed E-state index contributed by atoms with van der Waals surface area (Å²) in [7, 11) is 5.28. The van der Waals surface area contributed by atoms with Crippen molar-refractivity contribution in [1.29, 1.82) is 0 Å². The summed E-state index contributed by atoms with van der Waals surface area (Å²) in [5, 5.41) is 21.9. The molecule has 1 aromatic heterocycles. The van der Waals surface area contributed by atoms with Crippen molar-refractivity contribution < 1.29 is 29.0 Å². The Bertz CT molecular complexity index is 1300. The fourth-order valence-electron chi connectivity index (χ4n) is 4.16. The number of rotatable bonds is 8. The number of halogens is 1. The molecule has 0 fully saturated rings. The molecule has 1 unspecified atom stereocenters. The molecule has 1 aliphatic heterocycles. The normalized spacial score (nSPS) is 16.2. The van der Waals surface area contributed by atoms with Gasteiger partial charge >= 0.3 is 0 Å². The zero-order valence-corrected chi connectivity index (χ0v) is 20.6. The van der Waals surface area contributed by atoms with E-state index in [2.05, 4.69) is 15.9 Å². The van der Waals surface area contributed by atoms with E-state index in [0.717, 1.165) is 4.47 Å². The Labute approximate surface area is 205 Å². The molecule has 1 atom stereocenters. The number of aliphatic hydroxyl groups excluding tert-OH is 1. The zero-order valence-electron chi connectivity index (χ0n) is 19.0. The number of phenolic OH excluding ortho intramolecular Hbond substituents is 1. The lowest BCUT2D eigenvalue weighted by molar-refractivity contribution is -0.129. The maximum Gasteiger partial charge on any atom is 0.290 e. The van der Waals surface area contributed by atoms with E-state index in [1.807, 2.05) is 25.1 Å². The number of aromatic hydroxyl groups is 1. The first-order valence-corrected chi connectivity index (χ1v) is 11.5. The summed E-state index contributed by atoms with van der Waals surface area (Å²) in [6, 6.07) is 10.7. The highest BCUT2D eigenvalue weighted by atomic mass is 79.9. The Hall–Kier alpha value is -3.30. The van der Waals surface area contributed by atoms with Gasteiger partial charge in [0.05, 0.1) is 18.7 Å². The molecule has 3 aromatic rings. The van der Waals surface area contributed by atoms with Gasteiger partial charge in [-0.2, -0.15) is 0 Å². The van der Waals surface area contributed by atoms with Crippen LogP contribution in [0.1, 0.15) is 28.6 Å². The van der Waals surface area contributed by atoms with Crippen molar-refractivity contribution in [3.05, 3.63) is 69.6 Å². The van der Waals surface area contributed by atoms with Crippen molar-refractivity contribution in [3.8, 4) is 11.5 Å². The third-order valence-electron chi connectivity index (χ3n) is 5.77. The van der Waals surface area contributed by atoms with Gasteiger partial charge in [0.15, 0.2) is 23.0 Å². The van der Waals surface area contributed by atoms with Crippen molar-refractivity contribution in [1.82, 2.24) is 9.80 Å². The van der Waals surface area contributed by atoms with Gasteiger partial charge in [-0.3, -0.25) is 9.59 Å². The molecule has 0 saturated carbocycles. The summed E-state index contributed by atoms with van der Waals surface area (Å²) >= 11 is 3.40. The predicted octanol–water partition coefficient (Wildman–Crippen LogP) is 4.44. The lowest BCUT2D eigenvalue weighted by Crippen LogP contribution is -2.33. The summed E-state index contributed by atoms with van der Waals surface area (Å²) in [4.78, 5) is 30.1. The van der Waals surface area contributed by atoms with E-state index >= 15 is 0 Å². The van der Waals surface area contributed by atoms with Gasteiger partial charge in [0, 0.05) is 16.4 Å². The number of ketones is 1. The molecule has 0 bridgehead atoms. The van der Waals surface area contributed by atoms with Crippen LogP contribution in [0, 0.1) is 0 Å². The molecule has 34 heavy (non-hydrogen) atoms. The van der Waals surface area contributed by atoms with Crippen LogP contribution in [0.25, 0.3) is 11.0 Å². The molecule has 0 aliphatic carbocycles. The molecule has 0 spiro atoms. The molecular formula is C25H25BrN2O6. The third-order valence-corrected chi connectivity index (χ3v) is 6.27. The van der Waals surface area contributed by atoms with Gasteiger partial charge < -0.3 is 29.2 Å². The molecule has 9 heteroatoms. The highest BCUT2D eigenvalue weighted by Crippen LogP contribution is 2.42. The van der Waals surface area contributed by atoms with Crippen molar-refractivity contribution in [2.24, 2.45) is 0 Å². The number of furan rings is 1. The summed E-state index contributed by atoms with van der Waals surface area (Å²) in [5.41, 5.74) is 0.901. The van der Waals surface area contributed by atoms with Gasteiger partial charge in [-0.1, -0.05) is 22.0 Å². The van der Waals surface area contributed by atoms with E-state index in [1.165, 1.54) is 18.1 Å². The second-order valence-electron chi connectivity index (χ2n) is 8.37. The first-order valence-electron chi connectivity index (χ1n) is 10.7. The van der Waals surface area contributed by atoms with E-state index in [0.29, 0.717) is 36.0 Å². The molecule has 1 amide bonds. The fourth-order valence-corrected chi connectivity index (χ4v) is 4.53. The molecular weight excluding hydrogens is 504 g/mol. The molecule has 8 nitrogen and oxygen atoms in total. The first-order chi connectivity index (χ1) is 16.2. The average molecular weight is 529 g/mol. The van der Waals surface area contributed by atoms with Gasteiger partial charge in [0.1, 0.15) is 5.58 Å². The second-order valence-corrected chi connectivity index (χ2v) is 9.29. The minimum absolute atomic E-state index is 0.0142. The van der Waals surface area contributed by atoms with Crippen LogP contribution in [0.3, 0.4) is 0 Å². The number of carbonyl (C=O) groups excluding carboxylic acids is 2. The Morgan fingerprint density at radius 2 is 1.94 bits per heavy atom. The number of hydrogen-bond acceptors (Lipinski definition) is 7. The predicted molar refractivity (Wildman–Crippen MR) is 130 cm³/mol. The van der Waals surface area contributed by atoms with Crippen LogP contribution in [-0.2, 0) is 4.79 Å². The van der Waals surface area contributed by atoms with Gasteiger partial charge in [-0.05, 0) is 69.0 Å². The highest BCUT2D eigenvalue weighted by Gasteiger charge is 2.44. The first kappa shape index (κ1) is 23.8. The summed E-state index contributed by atoms with van der Waals surface area (Å²) < 4.78 is 11.7. The number of ether oxygens (including phenoxy) is 1. The number of Topliss-reactive ketones (excluding diaryl/α,β-unsaturated/α-hetero) is 1. The van der Waals surface area contributed by atoms with Gasteiger partial charge in [-0.25, -0.2) is 0 Å².